The highest BCUT2D eigenvalue weighted by molar-refractivity contribution is 5.89. The molecule has 3 rings (SSSR count). The molecule has 0 aliphatic carbocycles. The lowest BCUT2D eigenvalue weighted by Gasteiger charge is -2.11. The number of aromatic nitrogens is 1. The molecule has 1 heterocycles. The zero-order valence-corrected chi connectivity index (χ0v) is 12.7. The monoisotopic (exact) mass is 307 g/mol. The van der Waals surface area contributed by atoms with Crippen LogP contribution in [0.25, 0.3) is 22.2 Å². The Morgan fingerprint density at radius 1 is 0.957 bits per heavy atom. The molecule has 5 nitrogen and oxygen atoms in total. The molecule has 116 valence electrons. The highest BCUT2D eigenvalue weighted by Gasteiger charge is 2.13. The Morgan fingerprint density at radius 2 is 1.65 bits per heavy atom. The van der Waals surface area contributed by atoms with Crippen molar-refractivity contribution < 1.29 is 9.59 Å². The zero-order chi connectivity index (χ0) is 16.2. The molecule has 2 amide bonds. The molecule has 0 aliphatic heterocycles. The molecule has 0 atom stereocenters. The van der Waals surface area contributed by atoms with Gasteiger partial charge in [-0.15, -0.1) is 0 Å². The molecule has 1 aromatic heterocycles. The summed E-state index contributed by atoms with van der Waals surface area (Å²) in [7, 11) is 0. The fraction of sp³-hybridized carbons (Fsp3) is 0.111. The van der Waals surface area contributed by atoms with Crippen LogP contribution in [0, 0.1) is 0 Å². The third-order valence-corrected chi connectivity index (χ3v) is 3.56. The minimum Gasteiger partial charge on any atom is -0.331 e. The summed E-state index contributed by atoms with van der Waals surface area (Å²) in [6, 6.07) is 19.9. The van der Waals surface area contributed by atoms with Crippen LogP contribution in [0.1, 0.15) is 6.92 Å². The second-order valence-electron chi connectivity index (χ2n) is 5.27. The predicted molar refractivity (Wildman–Crippen MR) is 89.3 cm³/mol. The van der Waals surface area contributed by atoms with E-state index < -0.39 is 0 Å². The molecule has 0 radical (unpaired) electrons. The molecule has 0 aliphatic rings. The smallest absolute Gasteiger partial charge is 0.258 e. The number of nitrogens with one attached hydrogen (secondary N) is 2. The molecular formula is C18H17N3O2. The van der Waals surface area contributed by atoms with Crippen molar-refractivity contribution in [3.63, 3.8) is 0 Å². The molecule has 0 bridgehead atoms. The largest absolute Gasteiger partial charge is 0.331 e. The number of rotatable bonds is 3. The first kappa shape index (κ1) is 14.8. The van der Waals surface area contributed by atoms with E-state index in [2.05, 4.69) is 16.9 Å². The van der Waals surface area contributed by atoms with Crippen LogP contribution >= 0.6 is 0 Å². The molecule has 2 N–H and O–H groups in total. The number of nitrogens with zero attached hydrogens (tertiary/aromatic N) is 1. The van der Waals surface area contributed by atoms with E-state index in [1.54, 1.807) is 0 Å². The van der Waals surface area contributed by atoms with Crippen molar-refractivity contribution in [2.24, 2.45) is 0 Å². The predicted octanol–water partition coefficient (Wildman–Crippen LogP) is 2.48. The molecule has 0 spiro atoms. The molecule has 0 saturated carbocycles. The topological polar surface area (TPSA) is 63.1 Å². The highest BCUT2D eigenvalue weighted by atomic mass is 16.2. The maximum Gasteiger partial charge on any atom is 0.258 e. The summed E-state index contributed by atoms with van der Waals surface area (Å²) < 4.78 is 1.95. The molecular weight excluding hydrogens is 290 g/mol. The zero-order valence-electron chi connectivity index (χ0n) is 12.7. The van der Waals surface area contributed by atoms with Crippen molar-refractivity contribution in [3.8, 4) is 11.3 Å². The van der Waals surface area contributed by atoms with Gasteiger partial charge in [-0.1, -0.05) is 48.5 Å². The summed E-state index contributed by atoms with van der Waals surface area (Å²) in [4.78, 5) is 23.0. The Balaban J connectivity index is 2.00. The number of fused-ring (bicyclic) bond motifs is 1. The van der Waals surface area contributed by atoms with Crippen LogP contribution in [-0.2, 0) is 16.1 Å². The molecule has 3 aromatic rings. The summed E-state index contributed by atoms with van der Waals surface area (Å²) in [6.45, 7) is 1.47. The van der Waals surface area contributed by atoms with E-state index in [0.717, 1.165) is 22.2 Å². The van der Waals surface area contributed by atoms with Gasteiger partial charge in [0.25, 0.3) is 5.91 Å². The second-order valence-corrected chi connectivity index (χ2v) is 5.27. The maximum absolute atomic E-state index is 12.1. The maximum atomic E-state index is 12.1. The molecule has 0 unspecified atom stereocenters. The van der Waals surface area contributed by atoms with Crippen LogP contribution in [0.5, 0.6) is 0 Å². The van der Waals surface area contributed by atoms with Gasteiger partial charge in [0.05, 0.1) is 0 Å². The van der Waals surface area contributed by atoms with Gasteiger partial charge in [-0.05, 0) is 17.7 Å². The first-order valence-electron chi connectivity index (χ1n) is 7.34. The van der Waals surface area contributed by atoms with Crippen LogP contribution in [0.3, 0.4) is 0 Å². The van der Waals surface area contributed by atoms with Crippen LogP contribution < -0.4 is 10.9 Å². The number of hydrogen-bond acceptors (Lipinski definition) is 2. The normalized spacial score (nSPS) is 10.5. The molecule has 2 aromatic carbocycles. The van der Waals surface area contributed by atoms with E-state index in [1.807, 2.05) is 59.2 Å². The van der Waals surface area contributed by atoms with Gasteiger partial charge in [-0.2, -0.15) is 0 Å². The fourth-order valence-corrected chi connectivity index (χ4v) is 2.57. The van der Waals surface area contributed by atoms with E-state index in [4.69, 9.17) is 0 Å². The average Bonchev–Trinajstić information content (AvgIpc) is 2.92. The van der Waals surface area contributed by atoms with Crippen LogP contribution in [-0.4, -0.2) is 16.4 Å². The van der Waals surface area contributed by atoms with Crippen LogP contribution in [0.2, 0.25) is 0 Å². The van der Waals surface area contributed by atoms with Crippen molar-refractivity contribution in [2.75, 3.05) is 0 Å². The first-order valence-corrected chi connectivity index (χ1v) is 7.34. The van der Waals surface area contributed by atoms with E-state index in [9.17, 15) is 9.59 Å². The van der Waals surface area contributed by atoms with Gasteiger partial charge in [0.15, 0.2) is 0 Å². The minimum atomic E-state index is -0.306. The Kier molecular flexibility index (Phi) is 4.10. The van der Waals surface area contributed by atoms with E-state index in [1.165, 1.54) is 6.92 Å². The summed E-state index contributed by atoms with van der Waals surface area (Å²) in [5.74, 6) is -0.585. The Morgan fingerprint density at radius 3 is 2.39 bits per heavy atom. The van der Waals surface area contributed by atoms with Gasteiger partial charge in [-0.3, -0.25) is 20.4 Å². The van der Waals surface area contributed by atoms with Crippen molar-refractivity contribution in [2.45, 2.75) is 13.5 Å². The lowest BCUT2D eigenvalue weighted by Crippen LogP contribution is -2.42. The van der Waals surface area contributed by atoms with Crippen molar-refractivity contribution in [3.05, 3.63) is 60.7 Å². The Labute approximate surface area is 133 Å². The van der Waals surface area contributed by atoms with Gasteiger partial charge in [0.2, 0.25) is 5.91 Å². The van der Waals surface area contributed by atoms with E-state index in [-0.39, 0.29) is 18.4 Å². The number of carbonyl (C=O) groups is 2. The molecule has 23 heavy (non-hydrogen) atoms. The van der Waals surface area contributed by atoms with Crippen LogP contribution in [0.4, 0.5) is 0 Å². The number of carbonyl (C=O) groups excluding carboxylic acids is 2. The number of benzene rings is 2. The van der Waals surface area contributed by atoms with Crippen molar-refractivity contribution >= 4 is 22.7 Å². The number of amides is 2. The number of hydrogen-bond donors (Lipinski definition) is 2. The molecule has 5 heteroatoms. The van der Waals surface area contributed by atoms with Gasteiger partial charge >= 0.3 is 0 Å². The Bertz CT molecular complexity index is 853. The average molecular weight is 307 g/mol. The van der Waals surface area contributed by atoms with Crippen molar-refractivity contribution in [1.82, 2.24) is 15.4 Å². The van der Waals surface area contributed by atoms with Gasteiger partial charge < -0.3 is 4.57 Å². The van der Waals surface area contributed by atoms with Crippen molar-refractivity contribution in [1.29, 1.82) is 0 Å². The number of para-hydroxylation sites is 1. The van der Waals surface area contributed by atoms with Gasteiger partial charge in [0, 0.05) is 23.5 Å². The summed E-state index contributed by atoms with van der Waals surface area (Å²) in [5, 5.41) is 1.07. The molecule has 0 fully saturated rings. The summed E-state index contributed by atoms with van der Waals surface area (Å²) in [5.41, 5.74) is 7.69. The third kappa shape index (κ3) is 3.23. The van der Waals surface area contributed by atoms with Gasteiger partial charge in [-0.25, -0.2) is 0 Å². The Hall–Kier alpha value is -3.08. The minimum absolute atomic E-state index is 0.123. The van der Waals surface area contributed by atoms with Gasteiger partial charge in [0.1, 0.15) is 6.54 Å². The lowest BCUT2D eigenvalue weighted by atomic mass is 10.1. The SMILES string of the molecule is CC(=O)NNC(=O)Cn1c(-c2ccccc2)cc2ccccc21. The summed E-state index contributed by atoms with van der Waals surface area (Å²) >= 11 is 0. The third-order valence-electron chi connectivity index (χ3n) is 3.56. The highest BCUT2D eigenvalue weighted by Crippen LogP contribution is 2.27. The van der Waals surface area contributed by atoms with E-state index >= 15 is 0 Å². The first-order chi connectivity index (χ1) is 11.1. The fourth-order valence-electron chi connectivity index (χ4n) is 2.57. The summed E-state index contributed by atoms with van der Waals surface area (Å²) in [6.07, 6.45) is 0. The lowest BCUT2D eigenvalue weighted by molar-refractivity contribution is -0.128. The quantitative estimate of drug-likeness (QED) is 0.730. The number of hydrazine groups is 1. The standard InChI is InChI=1S/C18H17N3O2/c1-13(22)19-20-18(23)12-21-16-10-6-5-9-15(16)11-17(21)14-7-3-2-4-8-14/h2-11H,12H2,1H3,(H,19,22)(H,20,23). The molecule has 0 saturated heterocycles. The van der Waals surface area contributed by atoms with E-state index in [0.29, 0.717) is 0 Å². The second kappa shape index (κ2) is 6.36. The van der Waals surface area contributed by atoms with Crippen LogP contribution in [0.15, 0.2) is 60.7 Å².